The zero-order valence-electron chi connectivity index (χ0n) is 11.4. The van der Waals surface area contributed by atoms with E-state index in [4.69, 9.17) is 0 Å². The molecule has 0 spiro atoms. The number of unbranched alkanes of at least 4 members (excludes halogenated alkanes) is 2. The molecule has 0 radical (unpaired) electrons. The minimum Gasteiger partial charge on any atom is -0.480 e. The van der Waals surface area contributed by atoms with E-state index in [-0.39, 0.29) is 0 Å². The van der Waals surface area contributed by atoms with Crippen molar-refractivity contribution in [3.63, 3.8) is 0 Å². The van der Waals surface area contributed by atoms with Crippen LogP contribution in [0.1, 0.15) is 39.5 Å². The molecule has 1 rings (SSSR count). The van der Waals surface area contributed by atoms with Crippen LogP contribution in [-0.4, -0.2) is 59.6 Å². The number of carboxylic acids is 1. The van der Waals surface area contributed by atoms with Gasteiger partial charge >= 0.3 is 5.97 Å². The summed E-state index contributed by atoms with van der Waals surface area (Å²) in [6.07, 6.45) is 4.03. The topological polar surface area (TPSA) is 43.8 Å². The first-order valence-electron chi connectivity index (χ1n) is 6.67. The molecule has 1 N–H and O–H groups in total. The van der Waals surface area contributed by atoms with Crippen LogP contribution in [-0.2, 0) is 4.79 Å². The third kappa shape index (κ3) is 3.68. The van der Waals surface area contributed by atoms with E-state index in [0.717, 1.165) is 51.9 Å². The van der Waals surface area contributed by atoms with Crippen LogP contribution in [0.3, 0.4) is 0 Å². The van der Waals surface area contributed by atoms with Crippen LogP contribution in [0.2, 0.25) is 0 Å². The average Bonchev–Trinajstić information content (AvgIpc) is 2.29. The molecule has 1 heterocycles. The van der Waals surface area contributed by atoms with Crippen molar-refractivity contribution in [3.05, 3.63) is 0 Å². The standard InChI is InChI=1S/C13H26N2O2/c1-4-5-6-7-13(2,12(16)17)15-10-8-14(3)9-11-15/h4-11H2,1-3H3,(H,16,17). The van der Waals surface area contributed by atoms with Crippen LogP contribution in [0.5, 0.6) is 0 Å². The molecule has 0 bridgehead atoms. The number of aliphatic carboxylic acids is 1. The quantitative estimate of drug-likeness (QED) is 0.719. The second kappa shape index (κ2) is 6.36. The highest BCUT2D eigenvalue weighted by Crippen LogP contribution is 2.24. The molecule has 1 aliphatic heterocycles. The molecule has 100 valence electrons. The lowest BCUT2D eigenvalue weighted by Gasteiger charge is -2.42. The number of hydrogen-bond donors (Lipinski definition) is 1. The van der Waals surface area contributed by atoms with Gasteiger partial charge in [0, 0.05) is 26.2 Å². The number of nitrogens with zero attached hydrogens (tertiary/aromatic N) is 2. The van der Waals surface area contributed by atoms with Gasteiger partial charge in [0.1, 0.15) is 5.54 Å². The molecule has 0 aliphatic carbocycles. The highest BCUT2D eigenvalue weighted by atomic mass is 16.4. The summed E-state index contributed by atoms with van der Waals surface area (Å²) in [6.45, 7) is 7.70. The van der Waals surface area contributed by atoms with E-state index >= 15 is 0 Å². The molecule has 1 atom stereocenters. The van der Waals surface area contributed by atoms with Crippen molar-refractivity contribution < 1.29 is 9.90 Å². The molecule has 0 amide bonds. The van der Waals surface area contributed by atoms with E-state index in [1.165, 1.54) is 0 Å². The largest absolute Gasteiger partial charge is 0.480 e. The van der Waals surface area contributed by atoms with Gasteiger partial charge in [-0.15, -0.1) is 0 Å². The summed E-state index contributed by atoms with van der Waals surface area (Å²) in [6, 6.07) is 0. The molecule has 0 saturated carbocycles. The van der Waals surface area contributed by atoms with Crippen molar-refractivity contribution in [3.8, 4) is 0 Å². The lowest BCUT2D eigenvalue weighted by molar-refractivity contribution is -0.152. The summed E-state index contributed by atoms with van der Waals surface area (Å²) in [5, 5.41) is 9.49. The van der Waals surface area contributed by atoms with E-state index in [0.29, 0.717) is 0 Å². The Morgan fingerprint density at radius 2 is 1.82 bits per heavy atom. The van der Waals surface area contributed by atoms with Crippen LogP contribution in [0.25, 0.3) is 0 Å². The highest BCUT2D eigenvalue weighted by molar-refractivity contribution is 5.78. The molecule has 17 heavy (non-hydrogen) atoms. The van der Waals surface area contributed by atoms with E-state index in [1.54, 1.807) is 0 Å². The number of carboxylic acid groups (broad SMARTS) is 1. The predicted molar refractivity (Wildman–Crippen MR) is 69.3 cm³/mol. The molecule has 1 saturated heterocycles. The molecule has 4 heteroatoms. The van der Waals surface area contributed by atoms with Crippen LogP contribution in [0.15, 0.2) is 0 Å². The Labute approximate surface area is 105 Å². The lowest BCUT2D eigenvalue weighted by Crippen LogP contribution is -2.58. The molecule has 0 aromatic rings. The normalized spacial score (nSPS) is 22.3. The number of likely N-dealkylation sites (N-methyl/N-ethyl adjacent to an activating group) is 1. The second-order valence-corrected chi connectivity index (χ2v) is 5.33. The van der Waals surface area contributed by atoms with Gasteiger partial charge in [0.2, 0.25) is 0 Å². The van der Waals surface area contributed by atoms with Crippen molar-refractivity contribution in [2.45, 2.75) is 45.1 Å². The summed E-state index contributed by atoms with van der Waals surface area (Å²) < 4.78 is 0. The number of carbonyl (C=O) groups is 1. The molecule has 1 aliphatic rings. The maximum atomic E-state index is 11.5. The molecule has 1 fully saturated rings. The fraction of sp³-hybridized carbons (Fsp3) is 0.923. The third-order valence-electron chi connectivity index (χ3n) is 3.93. The van der Waals surface area contributed by atoms with Gasteiger partial charge in [-0.05, 0) is 20.4 Å². The van der Waals surface area contributed by atoms with Crippen molar-refractivity contribution in [2.24, 2.45) is 0 Å². The van der Waals surface area contributed by atoms with Crippen molar-refractivity contribution in [2.75, 3.05) is 33.2 Å². The van der Waals surface area contributed by atoms with Gasteiger partial charge in [-0.2, -0.15) is 0 Å². The summed E-state index contributed by atoms with van der Waals surface area (Å²) in [5.74, 6) is -0.668. The van der Waals surface area contributed by atoms with E-state index in [2.05, 4.69) is 23.8 Å². The lowest BCUT2D eigenvalue weighted by atomic mass is 9.91. The second-order valence-electron chi connectivity index (χ2n) is 5.33. The summed E-state index contributed by atoms with van der Waals surface area (Å²) >= 11 is 0. The SMILES string of the molecule is CCCCCC(C)(C(=O)O)N1CCN(C)CC1. The average molecular weight is 242 g/mol. The maximum absolute atomic E-state index is 11.5. The van der Waals surface area contributed by atoms with Gasteiger partial charge in [-0.25, -0.2) is 0 Å². The number of piperazine rings is 1. The molecule has 0 aromatic heterocycles. The fourth-order valence-electron chi connectivity index (χ4n) is 2.42. The molecule has 0 aromatic carbocycles. The van der Waals surface area contributed by atoms with Gasteiger partial charge in [0.05, 0.1) is 0 Å². The monoisotopic (exact) mass is 242 g/mol. The van der Waals surface area contributed by atoms with Gasteiger partial charge in [0.25, 0.3) is 0 Å². The Balaban J connectivity index is 2.60. The van der Waals surface area contributed by atoms with Crippen molar-refractivity contribution in [1.82, 2.24) is 9.80 Å². The zero-order valence-corrected chi connectivity index (χ0v) is 11.4. The van der Waals surface area contributed by atoms with Gasteiger partial charge < -0.3 is 10.0 Å². The summed E-state index contributed by atoms with van der Waals surface area (Å²) in [5.41, 5.74) is -0.670. The van der Waals surface area contributed by atoms with Crippen LogP contribution in [0.4, 0.5) is 0 Å². The Morgan fingerprint density at radius 1 is 1.24 bits per heavy atom. The van der Waals surface area contributed by atoms with Gasteiger partial charge in [0.15, 0.2) is 0 Å². The number of hydrogen-bond acceptors (Lipinski definition) is 3. The minimum absolute atomic E-state index is 0.668. The molecular formula is C13H26N2O2. The molecular weight excluding hydrogens is 216 g/mol. The smallest absolute Gasteiger partial charge is 0.323 e. The van der Waals surface area contributed by atoms with Gasteiger partial charge in [-0.3, -0.25) is 9.69 Å². The first kappa shape index (κ1) is 14.5. The molecule has 1 unspecified atom stereocenters. The van der Waals surface area contributed by atoms with Crippen LogP contribution in [0, 0.1) is 0 Å². The highest BCUT2D eigenvalue weighted by Gasteiger charge is 2.39. The summed E-state index contributed by atoms with van der Waals surface area (Å²) in [4.78, 5) is 15.9. The van der Waals surface area contributed by atoms with Crippen LogP contribution >= 0.6 is 0 Å². The molecule has 4 nitrogen and oxygen atoms in total. The Kier molecular flexibility index (Phi) is 5.40. The first-order chi connectivity index (χ1) is 8.00. The predicted octanol–water partition coefficient (Wildman–Crippen LogP) is 1.66. The van der Waals surface area contributed by atoms with Crippen molar-refractivity contribution in [1.29, 1.82) is 0 Å². The Morgan fingerprint density at radius 3 is 2.29 bits per heavy atom. The fourth-order valence-corrected chi connectivity index (χ4v) is 2.42. The first-order valence-corrected chi connectivity index (χ1v) is 6.67. The minimum atomic E-state index is -0.670. The summed E-state index contributed by atoms with van der Waals surface area (Å²) in [7, 11) is 2.09. The van der Waals surface area contributed by atoms with Crippen LogP contribution < -0.4 is 0 Å². The maximum Gasteiger partial charge on any atom is 0.323 e. The number of rotatable bonds is 6. The van der Waals surface area contributed by atoms with Gasteiger partial charge in [-0.1, -0.05) is 26.2 Å². The van der Waals surface area contributed by atoms with Crippen molar-refractivity contribution >= 4 is 5.97 Å². The Hall–Kier alpha value is -0.610. The Bertz CT molecular complexity index is 250. The van der Waals surface area contributed by atoms with E-state index < -0.39 is 11.5 Å². The van der Waals surface area contributed by atoms with E-state index in [1.807, 2.05) is 6.92 Å². The third-order valence-corrected chi connectivity index (χ3v) is 3.93. The van der Waals surface area contributed by atoms with E-state index in [9.17, 15) is 9.90 Å². The zero-order chi connectivity index (χ0) is 12.9.